The molecule has 2 unspecified atom stereocenters. The van der Waals surface area contributed by atoms with Crippen LogP contribution in [0.1, 0.15) is 18.7 Å². The first-order chi connectivity index (χ1) is 8.56. The van der Waals surface area contributed by atoms with Crippen molar-refractivity contribution in [3.8, 4) is 0 Å². The normalized spacial score (nSPS) is 13.7. The van der Waals surface area contributed by atoms with Gasteiger partial charge in [0.05, 0.1) is 10.5 Å². The Bertz CT molecular complexity index is 407. The minimum absolute atomic E-state index is 0.0880. The quantitative estimate of drug-likeness (QED) is 0.350. The predicted molar refractivity (Wildman–Crippen MR) is 59.9 cm³/mol. The molecule has 1 rings (SSSR count). The number of hydrogen-bond donors (Lipinski definition) is 1. The van der Waals surface area contributed by atoms with E-state index >= 15 is 0 Å². The lowest BCUT2D eigenvalue weighted by Gasteiger charge is -2.13. The number of aliphatic hydroxyl groups excluding tert-OH is 1. The predicted octanol–water partition coefficient (Wildman–Crippen LogP) is 0.860. The molecular formula is C11H13NO6. The van der Waals surface area contributed by atoms with E-state index in [0.717, 1.165) is 0 Å². The summed E-state index contributed by atoms with van der Waals surface area (Å²) in [5, 5.41) is 20.0. The fraction of sp³-hybridized carbons (Fsp3) is 0.364. The van der Waals surface area contributed by atoms with Crippen LogP contribution in [0.3, 0.4) is 0 Å². The zero-order valence-electron chi connectivity index (χ0n) is 9.68. The number of ether oxygens (including phenoxy) is 2. The summed E-state index contributed by atoms with van der Waals surface area (Å²) in [6.07, 6.45) is -3.48. The largest absolute Gasteiger partial charge is 0.390 e. The highest BCUT2D eigenvalue weighted by Gasteiger charge is 2.30. The SMILES string of the molecule is CCOC(O)C(=O)OC(c1ccccc1)[N+](=O)[O-]. The smallest absolute Gasteiger partial charge is 0.382 e. The molecule has 0 spiro atoms. The minimum Gasteiger partial charge on any atom is -0.390 e. The summed E-state index contributed by atoms with van der Waals surface area (Å²) in [6.45, 7) is 1.66. The lowest BCUT2D eigenvalue weighted by molar-refractivity contribution is -0.576. The van der Waals surface area contributed by atoms with Crippen LogP contribution >= 0.6 is 0 Å². The molecule has 0 amide bonds. The third-order valence-electron chi connectivity index (χ3n) is 2.03. The summed E-state index contributed by atoms with van der Waals surface area (Å²) >= 11 is 0. The lowest BCUT2D eigenvalue weighted by atomic mass is 10.2. The van der Waals surface area contributed by atoms with E-state index in [-0.39, 0.29) is 12.2 Å². The molecule has 7 heteroatoms. The number of carbonyl (C=O) groups is 1. The van der Waals surface area contributed by atoms with Crippen LogP contribution < -0.4 is 0 Å². The molecule has 98 valence electrons. The molecule has 0 bridgehead atoms. The first kappa shape index (κ1) is 14.1. The van der Waals surface area contributed by atoms with Gasteiger partial charge in [-0.1, -0.05) is 18.2 Å². The van der Waals surface area contributed by atoms with Gasteiger partial charge in [0.2, 0.25) is 0 Å². The van der Waals surface area contributed by atoms with Crippen LogP contribution in [0, 0.1) is 10.1 Å². The summed E-state index contributed by atoms with van der Waals surface area (Å²) in [5.41, 5.74) is 0.208. The van der Waals surface area contributed by atoms with Crippen molar-refractivity contribution in [2.24, 2.45) is 0 Å². The van der Waals surface area contributed by atoms with Gasteiger partial charge in [0.25, 0.3) is 6.29 Å². The van der Waals surface area contributed by atoms with E-state index in [9.17, 15) is 20.0 Å². The third-order valence-corrected chi connectivity index (χ3v) is 2.03. The van der Waals surface area contributed by atoms with Crippen molar-refractivity contribution in [1.82, 2.24) is 0 Å². The number of nitrogens with zero attached hydrogens (tertiary/aromatic N) is 1. The van der Waals surface area contributed by atoms with E-state index in [1.807, 2.05) is 0 Å². The van der Waals surface area contributed by atoms with Gasteiger partial charge in [-0.2, -0.15) is 0 Å². The van der Waals surface area contributed by atoms with Crippen molar-refractivity contribution in [3.05, 3.63) is 46.0 Å². The molecule has 7 nitrogen and oxygen atoms in total. The molecule has 0 aliphatic rings. The fourth-order valence-corrected chi connectivity index (χ4v) is 1.24. The monoisotopic (exact) mass is 255 g/mol. The van der Waals surface area contributed by atoms with Crippen LogP contribution in [0.4, 0.5) is 0 Å². The number of hydrogen-bond acceptors (Lipinski definition) is 6. The Labute approximate surface area is 103 Å². The van der Waals surface area contributed by atoms with Gasteiger partial charge < -0.3 is 14.6 Å². The first-order valence-electron chi connectivity index (χ1n) is 5.25. The zero-order valence-corrected chi connectivity index (χ0v) is 9.68. The van der Waals surface area contributed by atoms with E-state index in [0.29, 0.717) is 0 Å². The highest BCUT2D eigenvalue weighted by Crippen LogP contribution is 2.18. The number of rotatable bonds is 6. The lowest BCUT2D eigenvalue weighted by Crippen LogP contribution is -2.29. The molecule has 1 aromatic carbocycles. The van der Waals surface area contributed by atoms with Gasteiger partial charge in [-0.3, -0.25) is 10.1 Å². The topological polar surface area (TPSA) is 98.9 Å². The van der Waals surface area contributed by atoms with Crippen LogP contribution in [0.25, 0.3) is 0 Å². The number of carbonyl (C=O) groups excluding carboxylic acids is 1. The van der Waals surface area contributed by atoms with Crippen molar-refractivity contribution in [2.45, 2.75) is 19.4 Å². The summed E-state index contributed by atoms with van der Waals surface area (Å²) in [4.78, 5) is 21.4. The molecule has 0 aliphatic heterocycles. The summed E-state index contributed by atoms with van der Waals surface area (Å²) in [6, 6.07) is 7.75. The van der Waals surface area contributed by atoms with Gasteiger partial charge >= 0.3 is 12.2 Å². The molecule has 0 aromatic heterocycles. The molecule has 2 atom stereocenters. The average Bonchev–Trinajstić information content (AvgIpc) is 2.36. The van der Waals surface area contributed by atoms with Crippen molar-refractivity contribution in [3.63, 3.8) is 0 Å². The van der Waals surface area contributed by atoms with E-state index in [1.165, 1.54) is 12.1 Å². The van der Waals surface area contributed by atoms with Gasteiger partial charge in [-0.05, 0) is 19.1 Å². The van der Waals surface area contributed by atoms with Gasteiger partial charge in [0.1, 0.15) is 0 Å². The molecule has 0 saturated heterocycles. The van der Waals surface area contributed by atoms with Crippen LogP contribution in [-0.4, -0.2) is 28.9 Å². The molecule has 0 radical (unpaired) electrons. The number of aliphatic hydroxyl groups is 1. The third kappa shape index (κ3) is 3.79. The molecular weight excluding hydrogens is 242 g/mol. The average molecular weight is 255 g/mol. The Morgan fingerprint density at radius 3 is 2.56 bits per heavy atom. The Morgan fingerprint density at radius 2 is 2.06 bits per heavy atom. The Hall–Kier alpha value is -1.99. The zero-order chi connectivity index (χ0) is 13.5. The Balaban J connectivity index is 2.76. The highest BCUT2D eigenvalue weighted by molar-refractivity contribution is 5.73. The fourth-order valence-electron chi connectivity index (χ4n) is 1.24. The van der Waals surface area contributed by atoms with Crippen LogP contribution in [0.15, 0.2) is 30.3 Å². The second kappa shape index (κ2) is 6.67. The summed E-state index contributed by atoms with van der Waals surface area (Å²) in [7, 11) is 0. The maximum Gasteiger partial charge on any atom is 0.382 e. The molecule has 0 fully saturated rings. The van der Waals surface area contributed by atoms with Gasteiger partial charge in [0.15, 0.2) is 0 Å². The Morgan fingerprint density at radius 1 is 1.44 bits per heavy atom. The van der Waals surface area contributed by atoms with E-state index in [4.69, 9.17) is 0 Å². The summed E-state index contributed by atoms with van der Waals surface area (Å²) < 4.78 is 9.18. The standard InChI is InChI=1S/C11H13NO6/c1-2-17-10(13)11(14)18-9(12(15)16)8-6-4-3-5-7-8/h3-7,9-10,13H,2H2,1H3. The van der Waals surface area contributed by atoms with Crippen molar-refractivity contribution in [2.75, 3.05) is 6.61 Å². The molecule has 18 heavy (non-hydrogen) atoms. The van der Waals surface area contributed by atoms with E-state index < -0.39 is 23.4 Å². The maximum atomic E-state index is 11.3. The van der Waals surface area contributed by atoms with Crippen molar-refractivity contribution in [1.29, 1.82) is 0 Å². The van der Waals surface area contributed by atoms with E-state index in [1.54, 1.807) is 25.1 Å². The van der Waals surface area contributed by atoms with Crippen LogP contribution in [0.5, 0.6) is 0 Å². The molecule has 1 aromatic rings. The maximum absolute atomic E-state index is 11.3. The van der Waals surface area contributed by atoms with Gasteiger partial charge in [-0.15, -0.1) is 0 Å². The van der Waals surface area contributed by atoms with Gasteiger partial charge in [0, 0.05) is 6.61 Å². The second-order valence-electron chi connectivity index (χ2n) is 3.29. The first-order valence-corrected chi connectivity index (χ1v) is 5.25. The Kier molecular flexibility index (Phi) is 5.22. The molecule has 0 saturated carbocycles. The van der Waals surface area contributed by atoms with Gasteiger partial charge in [-0.25, -0.2) is 4.79 Å². The van der Waals surface area contributed by atoms with Crippen molar-refractivity contribution >= 4 is 5.97 Å². The molecule has 0 aliphatic carbocycles. The highest BCUT2D eigenvalue weighted by atomic mass is 16.7. The second-order valence-corrected chi connectivity index (χ2v) is 3.29. The van der Waals surface area contributed by atoms with E-state index in [2.05, 4.69) is 9.47 Å². The summed E-state index contributed by atoms with van der Waals surface area (Å²) in [5.74, 6) is -1.19. The number of nitro groups is 1. The molecule has 1 N–H and O–H groups in total. The molecule has 0 heterocycles. The van der Waals surface area contributed by atoms with Crippen molar-refractivity contribution < 1.29 is 24.3 Å². The van der Waals surface area contributed by atoms with Crippen LogP contribution in [-0.2, 0) is 14.3 Å². The minimum atomic E-state index is -1.82. The number of esters is 1. The van der Waals surface area contributed by atoms with Crippen LogP contribution in [0.2, 0.25) is 0 Å². The number of benzene rings is 1.